The number of ketones is 2. The molecule has 0 aliphatic carbocycles. The number of nitrogens with one attached hydrogen (secondary N) is 1. The molecule has 0 aliphatic heterocycles. The van der Waals surface area contributed by atoms with Crippen LogP contribution in [0.2, 0.25) is 0 Å². The number of aromatic amines is 1. The van der Waals surface area contributed by atoms with Crippen molar-refractivity contribution < 1.29 is 19.1 Å². The Kier molecular flexibility index (Phi) is 5.80. The highest BCUT2D eigenvalue weighted by Crippen LogP contribution is 2.21. The van der Waals surface area contributed by atoms with Gasteiger partial charge >= 0.3 is 5.97 Å². The SMILES string of the molecule is CC(=O)c1c(C)[nH]c(C(=O)[C@@H](C)OC(=O)c2ccc(C(C)C)cc2)c1C. The standard InChI is InChI=1S/C21H25NO4/c1-11(2)16-7-9-17(10-8-16)21(25)26-15(6)20(24)19-12(3)18(14(5)23)13(4)22-19/h7-11,15,22H,1-6H3/t15-/m1/s1. The smallest absolute Gasteiger partial charge is 0.338 e. The van der Waals surface area contributed by atoms with Gasteiger partial charge in [-0.25, -0.2) is 4.79 Å². The molecule has 0 aliphatic rings. The molecule has 2 rings (SSSR count). The molecule has 2 aromatic rings. The van der Waals surface area contributed by atoms with Crippen LogP contribution in [-0.2, 0) is 4.74 Å². The number of carbonyl (C=O) groups is 3. The van der Waals surface area contributed by atoms with E-state index in [2.05, 4.69) is 18.8 Å². The van der Waals surface area contributed by atoms with E-state index in [4.69, 9.17) is 4.74 Å². The van der Waals surface area contributed by atoms with Gasteiger partial charge < -0.3 is 9.72 Å². The number of hydrogen-bond acceptors (Lipinski definition) is 4. The number of Topliss-reactive ketones (excluding diaryl/α,β-unsaturated/α-hetero) is 2. The van der Waals surface area contributed by atoms with E-state index in [1.165, 1.54) is 13.8 Å². The van der Waals surface area contributed by atoms with Crippen LogP contribution >= 0.6 is 0 Å². The first-order chi connectivity index (χ1) is 12.1. The fourth-order valence-corrected chi connectivity index (χ4v) is 3.01. The molecule has 0 saturated heterocycles. The normalized spacial score (nSPS) is 12.1. The van der Waals surface area contributed by atoms with Crippen molar-refractivity contribution in [2.75, 3.05) is 0 Å². The second-order valence-corrected chi connectivity index (χ2v) is 6.87. The van der Waals surface area contributed by atoms with Gasteiger partial charge in [-0.05, 0) is 56.9 Å². The predicted molar refractivity (Wildman–Crippen MR) is 100 cm³/mol. The van der Waals surface area contributed by atoms with Gasteiger partial charge in [0, 0.05) is 11.3 Å². The Morgan fingerprint density at radius 3 is 2.04 bits per heavy atom. The minimum absolute atomic E-state index is 0.106. The van der Waals surface area contributed by atoms with Gasteiger partial charge in [0.15, 0.2) is 11.9 Å². The summed E-state index contributed by atoms with van der Waals surface area (Å²) in [5.41, 5.74) is 3.57. The Hall–Kier alpha value is -2.69. The molecule has 1 heterocycles. The van der Waals surface area contributed by atoms with E-state index < -0.39 is 12.1 Å². The van der Waals surface area contributed by atoms with Crippen molar-refractivity contribution in [1.29, 1.82) is 0 Å². The Labute approximate surface area is 153 Å². The third-order valence-corrected chi connectivity index (χ3v) is 4.50. The number of esters is 1. The maximum absolute atomic E-state index is 12.6. The van der Waals surface area contributed by atoms with Gasteiger partial charge in [0.1, 0.15) is 0 Å². The highest BCUT2D eigenvalue weighted by molar-refractivity contribution is 6.05. The summed E-state index contributed by atoms with van der Waals surface area (Å²) in [6.07, 6.45) is -0.955. The molecule has 0 amide bonds. The molecule has 0 bridgehead atoms. The lowest BCUT2D eigenvalue weighted by Gasteiger charge is -2.13. The fraction of sp³-hybridized carbons (Fsp3) is 0.381. The molecule has 0 saturated carbocycles. The fourth-order valence-electron chi connectivity index (χ4n) is 3.01. The van der Waals surface area contributed by atoms with E-state index in [0.717, 1.165) is 5.56 Å². The first kappa shape index (κ1) is 19.6. The summed E-state index contributed by atoms with van der Waals surface area (Å²) in [6.45, 7) is 10.6. The van der Waals surface area contributed by atoms with Crippen LogP contribution in [-0.4, -0.2) is 28.6 Å². The lowest BCUT2D eigenvalue weighted by molar-refractivity contribution is 0.0317. The van der Waals surface area contributed by atoms with Gasteiger partial charge in [-0.1, -0.05) is 26.0 Å². The van der Waals surface area contributed by atoms with Crippen LogP contribution in [0.15, 0.2) is 24.3 Å². The topological polar surface area (TPSA) is 76.2 Å². The summed E-state index contributed by atoms with van der Waals surface area (Å²) in [4.78, 5) is 39.6. The van der Waals surface area contributed by atoms with E-state index in [1.807, 2.05) is 12.1 Å². The molecule has 5 heteroatoms. The lowest BCUT2D eigenvalue weighted by atomic mass is 10.0. The molecule has 26 heavy (non-hydrogen) atoms. The summed E-state index contributed by atoms with van der Waals surface area (Å²) < 4.78 is 5.32. The van der Waals surface area contributed by atoms with Gasteiger partial charge in [-0.15, -0.1) is 0 Å². The molecule has 0 fully saturated rings. The van der Waals surface area contributed by atoms with Gasteiger partial charge in [0.05, 0.1) is 11.3 Å². The van der Waals surface area contributed by atoms with Crippen molar-refractivity contribution in [3.05, 3.63) is 57.9 Å². The summed E-state index contributed by atoms with van der Waals surface area (Å²) >= 11 is 0. The average molecular weight is 355 g/mol. The summed E-state index contributed by atoms with van der Waals surface area (Å²) in [5, 5.41) is 0. The molecule has 0 radical (unpaired) electrons. The van der Waals surface area contributed by atoms with Gasteiger partial charge in [0.25, 0.3) is 0 Å². The van der Waals surface area contributed by atoms with E-state index >= 15 is 0 Å². The predicted octanol–water partition coefficient (Wildman–Crippen LogP) is 4.39. The number of aryl methyl sites for hydroxylation is 1. The Morgan fingerprint density at radius 2 is 1.58 bits per heavy atom. The summed E-state index contributed by atoms with van der Waals surface area (Å²) in [5.74, 6) is -0.639. The second kappa shape index (κ2) is 7.68. The minimum Gasteiger partial charge on any atom is -0.451 e. The molecule has 1 atom stereocenters. The van der Waals surface area contributed by atoms with E-state index in [-0.39, 0.29) is 11.6 Å². The van der Waals surface area contributed by atoms with Gasteiger partial charge in [0.2, 0.25) is 5.78 Å². The molecule has 5 nitrogen and oxygen atoms in total. The Balaban J connectivity index is 2.15. The van der Waals surface area contributed by atoms with E-state index in [0.29, 0.717) is 34.0 Å². The minimum atomic E-state index is -0.955. The Bertz CT molecular complexity index is 844. The Morgan fingerprint density at radius 1 is 1.00 bits per heavy atom. The third kappa shape index (κ3) is 3.93. The van der Waals surface area contributed by atoms with Crippen LogP contribution in [0.25, 0.3) is 0 Å². The third-order valence-electron chi connectivity index (χ3n) is 4.50. The zero-order valence-electron chi connectivity index (χ0n) is 16.1. The van der Waals surface area contributed by atoms with Crippen LogP contribution in [0.5, 0.6) is 0 Å². The monoisotopic (exact) mass is 355 g/mol. The van der Waals surface area contributed by atoms with Crippen molar-refractivity contribution in [3.8, 4) is 0 Å². The summed E-state index contributed by atoms with van der Waals surface area (Å²) in [6, 6.07) is 7.16. The first-order valence-corrected chi connectivity index (χ1v) is 8.68. The largest absolute Gasteiger partial charge is 0.451 e. The molecule has 1 aromatic carbocycles. The van der Waals surface area contributed by atoms with Crippen molar-refractivity contribution >= 4 is 17.5 Å². The number of aromatic nitrogens is 1. The van der Waals surface area contributed by atoms with E-state index in [9.17, 15) is 14.4 Å². The maximum Gasteiger partial charge on any atom is 0.338 e. The van der Waals surface area contributed by atoms with Crippen LogP contribution in [0.4, 0.5) is 0 Å². The van der Waals surface area contributed by atoms with Crippen LogP contribution < -0.4 is 0 Å². The quantitative estimate of drug-likeness (QED) is 0.616. The highest BCUT2D eigenvalue weighted by Gasteiger charge is 2.26. The molecule has 0 spiro atoms. The number of ether oxygens (including phenoxy) is 1. The zero-order chi connectivity index (χ0) is 19.6. The molecular weight excluding hydrogens is 330 g/mol. The van der Waals surface area contributed by atoms with E-state index in [1.54, 1.807) is 26.0 Å². The van der Waals surface area contributed by atoms with Crippen LogP contribution in [0.3, 0.4) is 0 Å². The van der Waals surface area contributed by atoms with Gasteiger partial charge in [-0.3, -0.25) is 9.59 Å². The van der Waals surface area contributed by atoms with Crippen LogP contribution in [0.1, 0.15) is 81.6 Å². The average Bonchev–Trinajstić information content (AvgIpc) is 2.88. The number of benzene rings is 1. The highest BCUT2D eigenvalue weighted by atomic mass is 16.5. The molecule has 138 valence electrons. The van der Waals surface area contributed by atoms with Crippen molar-refractivity contribution in [3.63, 3.8) is 0 Å². The van der Waals surface area contributed by atoms with Crippen molar-refractivity contribution in [2.24, 2.45) is 0 Å². The second-order valence-electron chi connectivity index (χ2n) is 6.87. The number of H-pyrrole nitrogens is 1. The molecular formula is C21H25NO4. The number of rotatable bonds is 6. The number of hydrogen-bond donors (Lipinski definition) is 1. The lowest BCUT2D eigenvalue weighted by Crippen LogP contribution is -2.25. The molecule has 0 unspecified atom stereocenters. The number of carbonyl (C=O) groups excluding carboxylic acids is 3. The van der Waals surface area contributed by atoms with Crippen molar-refractivity contribution in [1.82, 2.24) is 4.98 Å². The first-order valence-electron chi connectivity index (χ1n) is 8.68. The van der Waals surface area contributed by atoms with Gasteiger partial charge in [-0.2, -0.15) is 0 Å². The molecule has 1 N–H and O–H groups in total. The summed E-state index contributed by atoms with van der Waals surface area (Å²) in [7, 11) is 0. The maximum atomic E-state index is 12.6. The zero-order valence-corrected chi connectivity index (χ0v) is 16.1. The van der Waals surface area contributed by atoms with Crippen LogP contribution in [0, 0.1) is 13.8 Å². The molecule has 1 aromatic heterocycles. The van der Waals surface area contributed by atoms with Crippen molar-refractivity contribution in [2.45, 2.75) is 53.6 Å².